The van der Waals surface area contributed by atoms with Gasteiger partial charge in [0.05, 0.1) is 24.2 Å². The molecule has 0 bridgehead atoms. The number of aromatic nitrogens is 3. The van der Waals surface area contributed by atoms with E-state index in [1.54, 1.807) is 18.3 Å². The first kappa shape index (κ1) is 13.5. The van der Waals surface area contributed by atoms with Crippen LogP contribution >= 0.6 is 0 Å². The van der Waals surface area contributed by atoms with E-state index in [4.69, 9.17) is 9.84 Å². The molecule has 2 rings (SSSR count). The lowest BCUT2D eigenvalue weighted by Gasteiger charge is -2.08. The summed E-state index contributed by atoms with van der Waals surface area (Å²) in [6.07, 6.45) is 4.63. The number of nitrogens with zero attached hydrogens (tertiary/aromatic N) is 3. The zero-order chi connectivity index (χ0) is 13.7. The summed E-state index contributed by atoms with van der Waals surface area (Å²) in [7, 11) is 0. The standard InChI is InChI=1S/C14H19N3O2/c1-3-11(2)17-7-6-13(16-17)10-19-14-5-4-12(9-18)15-8-14/h4-8,11,18H,3,9-10H2,1-2H3. The molecule has 2 heterocycles. The zero-order valence-electron chi connectivity index (χ0n) is 11.3. The maximum absolute atomic E-state index is 8.90. The van der Waals surface area contributed by atoms with Crippen LogP contribution in [0.4, 0.5) is 0 Å². The van der Waals surface area contributed by atoms with Crippen molar-refractivity contribution in [2.24, 2.45) is 0 Å². The summed E-state index contributed by atoms with van der Waals surface area (Å²) < 4.78 is 7.55. The van der Waals surface area contributed by atoms with Gasteiger partial charge in [0.25, 0.3) is 0 Å². The van der Waals surface area contributed by atoms with Crippen molar-refractivity contribution in [2.75, 3.05) is 0 Å². The number of hydrogen-bond acceptors (Lipinski definition) is 4. The lowest BCUT2D eigenvalue weighted by atomic mass is 10.3. The van der Waals surface area contributed by atoms with Gasteiger partial charge in [-0.3, -0.25) is 9.67 Å². The fourth-order valence-corrected chi connectivity index (χ4v) is 1.63. The molecular weight excluding hydrogens is 242 g/mol. The molecule has 0 spiro atoms. The monoisotopic (exact) mass is 261 g/mol. The molecule has 5 nitrogen and oxygen atoms in total. The summed E-state index contributed by atoms with van der Waals surface area (Å²) in [5.74, 6) is 0.676. The highest BCUT2D eigenvalue weighted by Crippen LogP contribution is 2.13. The predicted octanol–water partition coefficient (Wildman–Crippen LogP) is 2.32. The summed E-state index contributed by atoms with van der Waals surface area (Å²) >= 11 is 0. The number of rotatable bonds is 6. The summed E-state index contributed by atoms with van der Waals surface area (Å²) in [6.45, 7) is 4.63. The van der Waals surface area contributed by atoms with E-state index in [1.165, 1.54) is 0 Å². The van der Waals surface area contributed by atoms with Crippen molar-refractivity contribution >= 4 is 0 Å². The molecule has 0 saturated carbocycles. The highest BCUT2D eigenvalue weighted by atomic mass is 16.5. The van der Waals surface area contributed by atoms with E-state index >= 15 is 0 Å². The molecule has 2 aromatic rings. The van der Waals surface area contributed by atoms with E-state index in [1.807, 2.05) is 16.9 Å². The molecule has 0 saturated heterocycles. The Labute approximate surface area is 112 Å². The predicted molar refractivity (Wildman–Crippen MR) is 71.7 cm³/mol. The lowest BCUT2D eigenvalue weighted by molar-refractivity contribution is 0.274. The lowest BCUT2D eigenvalue weighted by Crippen LogP contribution is -2.05. The van der Waals surface area contributed by atoms with Gasteiger partial charge in [-0.15, -0.1) is 0 Å². The van der Waals surface area contributed by atoms with Crippen molar-refractivity contribution in [3.05, 3.63) is 42.0 Å². The maximum Gasteiger partial charge on any atom is 0.138 e. The zero-order valence-corrected chi connectivity index (χ0v) is 11.3. The molecule has 1 N–H and O–H groups in total. The Bertz CT molecular complexity index is 508. The van der Waals surface area contributed by atoms with Crippen LogP contribution in [0.15, 0.2) is 30.6 Å². The third-order valence-corrected chi connectivity index (χ3v) is 3.05. The Kier molecular flexibility index (Phi) is 4.52. The van der Waals surface area contributed by atoms with Crippen LogP contribution < -0.4 is 4.74 Å². The Balaban J connectivity index is 1.92. The second-order valence-electron chi connectivity index (χ2n) is 4.48. The average Bonchev–Trinajstić information content (AvgIpc) is 2.93. The fraction of sp³-hybridized carbons (Fsp3) is 0.429. The number of ether oxygens (including phenoxy) is 1. The summed E-state index contributed by atoms with van der Waals surface area (Å²) in [5, 5.41) is 13.4. The van der Waals surface area contributed by atoms with Crippen molar-refractivity contribution in [2.45, 2.75) is 39.5 Å². The quantitative estimate of drug-likeness (QED) is 0.867. The summed E-state index contributed by atoms with van der Waals surface area (Å²) in [6, 6.07) is 5.90. The normalized spacial score (nSPS) is 12.4. The molecule has 1 atom stereocenters. The fourth-order valence-electron chi connectivity index (χ4n) is 1.63. The van der Waals surface area contributed by atoms with E-state index in [0.717, 1.165) is 12.1 Å². The van der Waals surface area contributed by atoms with E-state index in [2.05, 4.69) is 23.9 Å². The van der Waals surface area contributed by atoms with E-state index in [0.29, 0.717) is 24.1 Å². The minimum absolute atomic E-state index is 0.0560. The molecule has 0 fully saturated rings. The van der Waals surface area contributed by atoms with Crippen LogP contribution in [0.25, 0.3) is 0 Å². The van der Waals surface area contributed by atoms with Gasteiger partial charge in [0.2, 0.25) is 0 Å². The molecule has 0 aromatic carbocycles. The van der Waals surface area contributed by atoms with E-state index in [-0.39, 0.29) is 6.61 Å². The first-order valence-corrected chi connectivity index (χ1v) is 6.45. The number of aliphatic hydroxyl groups excluding tert-OH is 1. The summed E-state index contributed by atoms with van der Waals surface area (Å²) in [5.41, 5.74) is 1.53. The van der Waals surface area contributed by atoms with Gasteiger partial charge in [0, 0.05) is 12.2 Å². The van der Waals surface area contributed by atoms with Crippen LogP contribution in [0.5, 0.6) is 5.75 Å². The molecule has 19 heavy (non-hydrogen) atoms. The van der Waals surface area contributed by atoms with Crippen molar-refractivity contribution in [1.29, 1.82) is 0 Å². The molecular formula is C14H19N3O2. The Morgan fingerprint density at radius 1 is 1.32 bits per heavy atom. The molecule has 0 radical (unpaired) electrons. The third kappa shape index (κ3) is 3.54. The van der Waals surface area contributed by atoms with Crippen LogP contribution in [0.3, 0.4) is 0 Å². The Hall–Kier alpha value is -1.88. The van der Waals surface area contributed by atoms with E-state index < -0.39 is 0 Å². The van der Waals surface area contributed by atoms with Gasteiger partial charge in [0.1, 0.15) is 12.4 Å². The average molecular weight is 261 g/mol. The van der Waals surface area contributed by atoms with Crippen molar-refractivity contribution in [3.63, 3.8) is 0 Å². The highest BCUT2D eigenvalue weighted by molar-refractivity contribution is 5.19. The SMILES string of the molecule is CCC(C)n1ccc(COc2ccc(CO)nc2)n1. The maximum atomic E-state index is 8.90. The first-order chi connectivity index (χ1) is 9.22. The first-order valence-electron chi connectivity index (χ1n) is 6.45. The third-order valence-electron chi connectivity index (χ3n) is 3.05. The topological polar surface area (TPSA) is 60.2 Å². The van der Waals surface area contributed by atoms with Crippen LogP contribution in [-0.4, -0.2) is 19.9 Å². The van der Waals surface area contributed by atoms with Gasteiger partial charge in [-0.1, -0.05) is 6.92 Å². The minimum atomic E-state index is -0.0560. The van der Waals surface area contributed by atoms with Crippen molar-refractivity contribution < 1.29 is 9.84 Å². The largest absolute Gasteiger partial charge is 0.486 e. The molecule has 5 heteroatoms. The molecule has 0 aliphatic carbocycles. The second kappa shape index (κ2) is 6.33. The Morgan fingerprint density at radius 2 is 2.16 bits per heavy atom. The van der Waals surface area contributed by atoms with Crippen molar-refractivity contribution in [3.8, 4) is 5.75 Å². The highest BCUT2D eigenvalue weighted by Gasteiger charge is 2.05. The summed E-state index contributed by atoms with van der Waals surface area (Å²) in [4.78, 5) is 4.06. The minimum Gasteiger partial charge on any atom is -0.486 e. The Morgan fingerprint density at radius 3 is 2.79 bits per heavy atom. The molecule has 1 unspecified atom stereocenters. The smallest absolute Gasteiger partial charge is 0.138 e. The number of aliphatic hydroxyl groups is 1. The molecule has 0 aliphatic heterocycles. The van der Waals surface area contributed by atoms with Gasteiger partial charge in [0.15, 0.2) is 0 Å². The number of pyridine rings is 1. The van der Waals surface area contributed by atoms with Gasteiger partial charge in [-0.05, 0) is 31.5 Å². The number of hydrogen-bond donors (Lipinski definition) is 1. The van der Waals surface area contributed by atoms with Crippen LogP contribution in [-0.2, 0) is 13.2 Å². The van der Waals surface area contributed by atoms with Crippen LogP contribution in [0.2, 0.25) is 0 Å². The molecule has 0 aliphatic rings. The second-order valence-corrected chi connectivity index (χ2v) is 4.48. The van der Waals surface area contributed by atoms with Gasteiger partial charge in [-0.25, -0.2) is 0 Å². The van der Waals surface area contributed by atoms with Gasteiger partial charge in [-0.2, -0.15) is 5.10 Å². The molecule has 2 aromatic heterocycles. The van der Waals surface area contributed by atoms with Crippen LogP contribution in [0.1, 0.15) is 37.7 Å². The van der Waals surface area contributed by atoms with E-state index in [9.17, 15) is 0 Å². The molecule has 0 amide bonds. The van der Waals surface area contributed by atoms with Gasteiger partial charge < -0.3 is 9.84 Å². The van der Waals surface area contributed by atoms with Crippen molar-refractivity contribution in [1.82, 2.24) is 14.8 Å². The van der Waals surface area contributed by atoms with Gasteiger partial charge >= 0.3 is 0 Å². The molecule has 102 valence electrons. The van der Waals surface area contributed by atoms with Crippen LogP contribution in [0, 0.1) is 0 Å².